The molecular formula is C13H24N2O3. The van der Waals surface area contributed by atoms with E-state index in [4.69, 9.17) is 5.11 Å². The lowest BCUT2D eigenvalue weighted by Crippen LogP contribution is -2.47. The molecule has 0 aromatic carbocycles. The summed E-state index contributed by atoms with van der Waals surface area (Å²) in [7, 11) is 0. The van der Waals surface area contributed by atoms with Crippen molar-refractivity contribution >= 4 is 11.9 Å². The Bertz CT molecular complexity index is 302. The Hall–Kier alpha value is -1.10. The van der Waals surface area contributed by atoms with E-state index >= 15 is 0 Å². The van der Waals surface area contributed by atoms with Crippen molar-refractivity contribution in [3.63, 3.8) is 0 Å². The summed E-state index contributed by atoms with van der Waals surface area (Å²) in [5.41, 5.74) is -0.209. The Morgan fingerprint density at radius 1 is 1.17 bits per heavy atom. The number of carbonyl (C=O) groups excluding carboxylic acids is 1. The van der Waals surface area contributed by atoms with Gasteiger partial charge < -0.3 is 15.7 Å². The lowest BCUT2D eigenvalue weighted by atomic mass is 9.86. The van der Waals surface area contributed by atoms with Gasteiger partial charge in [-0.05, 0) is 46.5 Å². The van der Waals surface area contributed by atoms with Crippen molar-refractivity contribution < 1.29 is 14.7 Å². The maximum absolute atomic E-state index is 11.6. The molecule has 0 aromatic heterocycles. The number of aliphatic carboxylic acids is 1. The van der Waals surface area contributed by atoms with Crippen LogP contribution in [-0.2, 0) is 9.59 Å². The summed E-state index contributed by atoms with van der Waals surface area (Å²) in [4.78, 5) is 22.4. The first kappa shape index (κ1) is 15.0. The van der Waals surface area contributed by atoms with Gasteiger partial charge in [0.05, 0.1) is 12.5 Å². The van der Waals surface area contributed by atoms with E-state index in [0.29, 0.717) is 19.4 Å². The number of nitrogens with one attached hydrogen (secondary N) is 2. The Morgan fingerprint density at radius 2 is 1.72 bits per heavy atom. The van der Waals surface area contributed by atoms with E-state index in [1.807, 2.05) is 20.8 Å². The number of hydrogen-bond donors (Lipinski definition) is 3. The van der Waals surface area contributed by atoms with Gasteiger partial charge in [-0.25, -0.2) is 0 Å². The molecular weight excluding hydrogens is 232 g/mol. The van der Waals surface area contributed by atoms with Crippen LogP contribution in [0.2, 0.25) is 0 Å². The van der Waals surface area contributed by atoms with E-state index in [1.165, 1.54) is 0 Å². The maximum Gasteiger partial charge on any atom is 0.306 e. The van der Waals surface area contributed by atoms with E-state index < -0.39 is 5.97 Å². The van der Waals surface area contributed by atoms with Crippen LogP contribution >= 0.6 is 0 Å². The molecule has 1 aliphatic carbocycles. The highest BCUT2D eigenvalue weighted by atomic mass is 16.4. The van der Waals surface area contributed by atoms with Gasteiger partial charge in [-0.2, -0.15) is 0 Å². The van der Waals surface area contributed by atoms with Gasteiger partial charge in [-0.15, -0.1) is 0 Å². The lowest BCUT2D eigenvalue weighted by Gasteiger charge is -2.27. The molecule has 0 heterocycles. The van der Waals surface area contributed by atoms with Crippen LogP contribution in [0.1, 0.15) is 46.5 Å². The van der Waals surface area contributed by atoms with Crippen LogP contribution in [0.4, 0.5) is 0 Å². The van der Waals surface area contributed by atoms with Crippen LogP contribution in [0.25, 0.3) is 0 Å². The van der Waals surface area contributed by atoms with E-state index in [-0.39, 0.29) is 23.4 Å². The van der Waals surface area contributed by atoms with Gasteiger partial charge in [0.1, 0.15) is 0 Å². The largest absolute Gasteiger partial charge is 0.481 e. The quantitative estimate of drug-likeness (QED) is 0.704. The average Bonchev–Trinajstić information content (AvgIpc) is 2.24. The minimum Gasteiger partial charge on any atom is -0.481 e. The minimum atomic E-state index is -0.695. The predicted octanol–water partition coefficient (Wildman–Crippen LogP) is 1.13. The number of carboxylic acid groups (broad SMARTS) is 1. The van der Waals surface area contributed by atoms with Gasteiger partial charge in [-0.3, -0.25) is 9.59 Å². The number of hydrogen-bond acceptors (Lipinski definition) is 3. The first-order valence-electron chi connectivity index (χ1n) is 6.55. The molecule has 0 aliphatic heterocycles. The molecule has 0 aromatic rings. The number of rotatable bonds is 4. The van der Waals surface area contributed by atoms with Gasteiger partial charge in [0.2, 0.25) is 5.91 Å². The highest BCUT2D eigenvalue weighted by Crippen LogP contribution is 2.24. The Balaban J connectivity index is 2.22. The smallest absolute Gasteiger partial charge is 0.306 e. The van der Waals surface area contributed by atoms with Crippen molar-refractivity contribution in [2.24, 2.45) is 5.92 Å². The fourth-order valence-corrected chi connectivity index (χ4v) is 2.24. The number of carboxylic acids is 1. The van der Waals surface area contributed by atoms with Crippen LogP contribution in [0.5, 0.6) is 0 Å². The molecule has 1 fully saturated rings. The van der Waals surface area contributed by atoms with Crippen LogP contribution < -0.4 is 10.6 Å². The second-order valence-electron chi connectivity index (χ2n) is 6.07. The number of amides is 1. The first-order valence-corrected chi connectivity index (χ1v) is 6.55. The first-order chi connectivity index (χ1) is 8.28. The Labute approximate surface area is 108 Å². The van der Waals surface area contributed by atoms with Gasteiger partial charge in [0, 0.05) is 11.6 Å². The lowest BCUT2D eigenvalue weighted by molar-refractivity contribution is -0.143. The zero-order valence-electron chi connectivity index (χ0n) is 11.5. The summed E-state index contributed by atoms with van der Waals surface area (Å²) >= 11 is 0. The van der Waals surface area contributed by atoms with Crippen molar-refractivity contribution in [2.45, 2.75) is 58.0 Å². The zero-order valence-corrected chi connectivity index (χ0v) is 11.5. The molecule has 0 bridgehead atoms. The molecule has 0 atom stereocenters. The third-order valence-corrected chi connectivity index (χ3v) is 3.14. The van der Waals surface area contributed by atoms with E-state index in [0.717, 1.165) is 12.8 Å². The molecule has 1 rings (SSSR count). The van der Waals surface area contributed by atoms with Crippen molar-refractivity contribution in [3.05, 3.63) is 0 Å². The molecule has 0 radical (unpaired) electrons. The Morgan fingerprint density at radius 3 is 2.17 bits per heavy atom. The highest BCUT2D eigenvalue weighted by Gasteiger charge is 2.26. The third-order valence-electron chi connectivity index (χ3n) is 3.14. The Kier molecular flexibility index (Phi) is 5.14. The van der Waals surface area contributed by atoms with Crippen molar-refractivity contribution in [3.8, 4) is 0 Å². The van der Waals surface area contributed by atoms with E-state index in [1.54, 1.807) is 0 Å². The molecule has 104 valence electrons. The maximum atomic E-state index is 11.6. The molecule has 1 amide bonds. The average molecular weight is 256 g/mol. The fourth-order valence-electron chi connectivity index (χ4n) is 2.24. The fraction of sp³-hybridized carbons (Fsp3) is 0.846. The predicted molar refractivity (Wildman–Crippen MR) is 69.3 cm³/mol. The van der Waals surface area contributed by atoms with Gasteiger partial charge in [-0.1, -0.05) is 0 Å². The summed E-state index contributed by atoms with van der Waals surface area (Å²) in [6, 6.07) is 0.270. The van der Waals surface area contributed by atoms with E-state index in [9.17, 15) is 9.59 Å². The molecule has 1 saturated carbocycles. The molecule has 5 heteroatoms. The van der Waals surface area contributed by atoms with Crippen LogP contribution in [0.3, 0.4) is 0 Å². The summed E-state index contributed by atoms with van der Waals surface area (Å²) in [5.74, 6) is -0.909. The van der Waals surface area contributed by atoms with Gasteiger partial charge in [0.25, 0.3) is 0 Å². The second-order valence-corrected chi connectivity index (χ2v) is 6.07. The molecule has 5 nitrogen and oxygen atoms in total. The molecule has 0 unspecified atom stereocenters. The summed E-state index contributed by atoms with van der Waals surface area (Å²) in [5, 5.41) is 15.0. The summed E-state index contributed by atoms with van der Waals surface area (Å²) < 4.78 is 0. The minimum absolute atomic E-state index is 0.0112. The molecule has 1 aliphatic rings. The highest BCUT2D eigenvalue weighted by molar-refractivity contribution is 5.78. The van der Waals surface area contributed by atoms with Gasteiger partial charge >= 0.3 is 5.97 Å². The van der Waals surface area contributed by atoms with Crippen molar-refractivity contribution in [2.75, 3.05) is 6.54 Å². The molecule has 0 spiro atoms. The third kappa shape index (κ3) is 5.49. The summed E-state index contributed by atoms with van der Waals surface area (Å²) in [6.45, 7) is 6.15. The standard InChI is InChI=1S/C13H24N2O3/c1-13(2,3)15-11(16)8-14-10-6-4-9(5-7-10)12(17)18/h9-10,14H,4-8H2,1-3H3,(H,15,16)(H,17,18). The topological polar surface area (TPSA) is 78.4 Å². The number of carbonyl (C=O) groups is 2. The van der Waals surface area contributed by atoms with Gasteiger partial charge in [0.15, 0.2) is 0 Å². The second kappa shape index (κ2) is 6.18. The summed E-state index contributed by atoms with van der Waals surface area (Å²) in [6.07, 6.45) is 3.07. The molecule has 18 heavy (non-hydrogen) atoms. The monoisotopic (exact) mass is 256 g/mol. The van der Waals surface area contributed by atoms with Crippen LogP contribution in [0, 0.1) is 5.92 Å². The SMILES string of the molecule is CC(C)(C)NC(=O)CNC1CCC(C(=O)O)CC1. The van der Waals surface area contributed by atoms with Crippen LogP contribution in [-0.4, -0.2) is 35.1 Å². The normalized spacial score (nSPS) is 24.6. The zero-order chi connectivity index (χ0) is 13.8. The van der Waals surface area contributed by atoms with Crippen molar-refractivity contribution in [1.82, 2.24) is 10.6 Å². The van der Waals surface area contributed by atoms with E-state index in [2.05, 4.69) is 10.6 Å². The molecule has 0 saturated heterocycles. The van der Waals surface area contributed by atoms with Crippen molar-refractivity contribution in [1.29, 1.82) is 0 Å². The molecule has 3 N–H and O–H groups in total. The van der Waals surface area contributed by atoms with Crippen LogP contribution in [0.15, 0.2) is 0 Å².